The molecule has 0 saturated heterocycles. The molecule has 0 radical (unpaired) electrons. The molecule has 0 N–H and O–H groups in total. The Labute approximate surface area is 157 Å². The molecule has 2 nitrogen and oxygen atoms in total. The van der Waals surface area contributed by atoms with Gasteiger partial charge in [0.25, 0.3) is 5.91 Å². The minimum absolute atomic E-state index is 0.158. The maximum Gasteiger partial charge on any atom is 0.254 e. The highest BCUT2D eigenvalue weighted by molar-refractivity contribution is 5.95. The normalized spacial score (nSPS) is 16.1. The third-order valence-electron chi connectivity index (χ3n) is 5.10. The van der Waals surface area contributed by atoms with Crippen molar-refractivity contribution in [3.63, 3.8) is 0 Å². The summed E-state index contributed by atoms with van der Waals surface area (Å²) in [5.74, 6) is -2.26. The molecule has 1 heterocycles. The second-order valence-electron chi connectivity index (χ2n) is 6.89. The van der Waals surface area contributed by atoms with Gasteiger partial charge in [-0.2, -0.15) is 0 Å². The Morgan fingerprint density at radius 3 is 2.44 bits per heavy atom. The molecule has 0 bridgehead atoms. The monoisotopic (exact) mass is 363 g/mol. The van der Waals surface area contributed by atoms with Gasteiger partial charge in [0.2, 0.25) is 0 Å². The lowest BCUT2D eigenvalue weighted by Gasteiger charge is -2.38. The van der Waals surface area contributed by atoms with Crippen molar-refractivity contribution >= 4 is 5.91 Å². The van der Waals surface area contributed by atoms with Crippen molar-refractivity contribution in [1.82, 2.24) is 4.90 Å². The Morgan fingerprint density at radius 2 is 1.70 bits per heavy atom. The first-order valence-corrected chi connectivity index (χ1v) is 8.95. The number of nitrogens with zero attached hydrogens (tertiary/aromatic N) is 1. The average Bonchev–Trinajstić information content (AvgIpc) is 2.69. The lowest BCUT2D eigenvalue weighted by Crippen LogP contribution is -2.40. The zero-order chi connectivity index (χ0) is 19.0. The molecule has 27 heavy (non-hydrogen) atoms. The molecule has 0 aromatic heterocycles. The Bertz CT molecular complexity index is 998. The van der Waals surface area contributed by atoms with E-state index in [0.717, 1.165) is 35.2 Å². The van der Waals surface area contributed by atoms with Crippen LogP contribution in [0.4, 0.5) is 8.78 Å². The van der Waals surface area contributed by atoms with Crippen LogP contribution >= 0.6 is 0 Å². The molecule has 0 unspecified atom stereocenters. The second-order valence-corrected chi connectivity index (χ2v) is 6.89. The molecule has 4 heteroatoms. The molecule has 0 spiro atoms. The summed E-state index contributed by atoms with van der Waals surface area (Å²) in [6.07, 6.45) is 0.730. The molecule has 3 aromatic carbocycles. The van der Waals surface area contributed by atoms with Crippen molar-refractivity contribution in [1.29, 1.82) is 0 Å². The van der Waals surface area contributed by atoms with E-state index in [1.807, 2.05) is 49.4 Å². The van der Waals surface area contributed by atoms with Crippen molar-refractivity contribution in [2.24, 2.45) is 0 Å². The van der Waals surface area contributed by atoms with Gasteiger partial charge in [-0.05, 0) is 48.2 Å². The van der Waals surface area contributed by atoms with Crippen LogP contribution in [0.5, 0.6) is 0 Å². The molecule has 0 fully saturated rings. The summed E-state index contributed by atoms with van der Waals surface area (Å²) in [6, 6.07) is 19.2. The average molecular weight is 363 g/mol. The fraction of sp³-hybridized carbons (Fsp3) is 0.174. The van der Waals surface area contributed by atoms with E-state index < -0.39 is 11.6 Å². The predicted octanol–water partition coefficient (Wildman–Crippen LogP) is 5.06. The molecular weight excluding hydrogens is 344 g/mol. The topological polar surface area (TPSA) is 20.3 Å². The van der Waals surface area contributed by atoms with Gasteiger partial charge in [0.1, 0.15) is 0 Å². The largest absolute Gasteiger partial charge is 0.327 e. The van der Waals surface area contributed by atoms with Crippen LogP contribution in [0.25, 0.3) is 0 Å². The number of benzene rings is 3. The zero-order valence-corrected chi connectivity index (χ0v) is 15.0. The van der Waals surface area contributed by atoms with E-state index in [2.05, 4.69) is 6.07 Å². The number of hydrogen-bond acceptors (Lipinski definition) is 1. The fourth-order valence-electron chi connectivity index (χ4n) is 3.69. The number of halogens is 2. The van der Waals surface area contributed by atoms with E-state index in [9.17, 15) is 13.6 Å². The Balaban J connectivity index is 1.79. The minimum atomic E-state index is -1.01. The molecule has 1 aliphatic rings. The van der Waals surface area contributed by atoms with E-state index in [4.69, 9.17) is 0 Å². The van der Waals surface area contributed by atoms with Crippen LogP contribution in [0, 0.1) is 18.6 Å². The van der Waals surface area contributed by atoms with Crippen molar-refractivity contribution in [2.45, 2.75) is 19.4 Å². The summed E-state index contributed by atoms with van der Waals surface area (Å²) < 4.78 is 26.9. The number of aryl methyl sites for hydroxylation is 1. The van der Waals surface area contributed by atoms with Gasteiger partial charge in [-0.3, -0.25) is 4.79 Å². The van der Waals surface area contributed by atoms with E-state index in [1.54, 1.807) is 4.90 Å². The van der Waals surface area contributed by atoms with Crippen molar-refractivity contribution in [3.05, 3.63) is 106 Å². The number of fused-ring (bicyclic) bond motifs is 1. The molecule has 1 amide bonds. The third-order valence-corrected chi connectivity index (χ3v) is 5.10. The third kappa shape index (κ3) is 3.23. The maximum atomic E-state index is 13.7. The van der Waals surface area contributed by atoms with Crippen LogP contribution in [0.1, 0.15) is 38.7 Å². The highest BCUT2D eigenvalue weighted by atomic mass is 19.2. The van der Waals surface area contributed by atoms with Gasteiger partial charge in [0, 0.05) is 12.1 Å². The Kier molecular flexibility index (Phi) is 4.48. The first kappa shape index (κ1) is 17.4. The molecule has 1 aliphatic heterocycles. The summed E-state index contributed by atoms with van der Waals surface area (Å²) in [7, 11) is 0. The number of carbonyl (C=O) groups is 1. The molecule has 1 atom stereocenters. The summed E-state index contributed by atoms with van der Waals surface area (Å²) in [4.78, 5) is 14.9. The molecule has 0 aliphatic carbocycles. The van der Waals surface area contributed by atoms with Crippen LogP contribution in [0.2, 0.25) is 0 Å². The fourth-order valence-corrected chi connectivity index (χ4v) is 3.69. The smallest absolute Gasteiger partial charge is 0.254 e. The summed E-state index contributed by atoms with van der Waals surface area (Å²) in [5, 5.41) is 0. The Hall–Kier alpha value is -3.01. The summed E-state index contributed by atoms with van der Waals surface area (Å²) >= 11 is 0. The Morgan fingerprint density at radius 1 is 0.963 bits per heavy atom. The van der Waals surface area contributed by atoms with Gasteiger partial charge < -0.3 is 4.90 Å². The molecule has 136 valence electrons. The standard InChI is InChI=1S/C23H19F2NO/c1-15-6-8-17(9-7-15)22-19-5-3-2-4-16(19)12-13-26(22)23(27)18-10-11-20(24)21(25)14-18/h2-11,14,22H,12-13H2,1H3/t22-/m1/s1. The number of hydrogen-bond donors (Lipinski definition) is 0. The quantitative estimate of drug-likeness (QED) is 0.623. The summed E-state index contributed by atoms with van der Waals surface area (Å²) in [6.45, 7) is 2.54. The van der Waals surface area contributed by atoms with E-state index in [1.165, 1.54) is 11.6 Å². The van der Waals surface area contributed by atoms with E-state index >= 15 is 0 Å². The number of rotatable bonds is 2. The van der Waals surface area contributed by atoms with Crippen molar-refractivity contribution in [2.75, 3.05) is 6.54 Å². The van der Waals surface area contributed by atoms with Gasteiger partial charge in [-0.25, -0.2) is 8.78 Å². The van der Waals surface area contributed by atoms with Gasteiger partial charge in [0.15, 0.2) is 11.6 Å². The second kappa shape index (κ2) is 6.95. The molecule has 0 saturated carbocycles. The molecule has 4 rings (SSSR count). The van der Waals surface area contributed by atoms with Gasteiger partial charge in [0.05, 0.1) is 6.04 Å². The van der Waals surface area contributed by atoms with Gasteiger partial charge >= 0.3 is 0 Å². The van der Waals surface area contributed by atoms with Gasteiger partial charge in [-0.15, -0.1) is 0 Å². The number of amides is 1. The minimum Gasteiger partial charge on any atom is -0.327 e. The van der Waals surface area contributed by atoms with E-state index in [0.29, 0.717) is 6.54 Å². The summed E-state index contributed by atoms with van der Waals surface area (Å²) in [5.41, 5.74) is 4.58. The molecule has 3 aromatic rings. The van der Waals surface area contributed by atoms with E-state index in [-0.39, 0.29) is 17.5 Å². The highest BCUT2D eigenvalue weighted by Gasteiger charge is 2.32. The van der Waals surface area contributed by atoms with Gasteiger partial charge in [-0.1, -0.05) is 54.1 Å². The first-order valence-electron chi connectivity index (χ1n) is 8.95. The lowest BCUT2D eigenvalue weighted by molar-refractivity contribution is 0.0694. The molecular formula is C23H19F2NO. The first-order chi connectivity index (χ1) is 13.0. The van der Waals surface area contributed by atoms with Crippen molar-refractivity contribution < 1.29 is 13.6 Å². The van der Waals surface area contributed by atoms with Crippen LogP contribution in [-0.2, 0) is 6.42 Å². The van der Waals surface area contributed by atoms with Crippen LogP contribution in [0.15, 0.2) is 66.7 Å². The lowest BCUT2D eigenvalue weighted by atomic mass is 9.87. The maximum absolute atomic E-state index is 13.7. The highest BCUT2D eigenvalue weighted by Crippen LogP contribution is 2.36. The van der Waals surface area contributed by atoms with Crippen molar-refractivity contribution in [3.8, 4) is 0 Å². The van der Waals surface area contributed by atoms with Crippen LogP contribution < -0.4 is 0 Å². The predicted molar refractivity (Wildman–Crippen MR) is 101 cm³/mol. The zero-order valence-electron chi connectivity index (χ0n) is 15.0. The van der Waals surface area contributed by atoms with Crippen LogP contribution in [-0.4, -0.2) is 17.4 Å². The van der Waals surface area contributed by atoms with Crippen LogP contribution in [0.3, 0.4) is 0 Å². The number of carbonyl (C=O) groups excluding carboxylic acids is 1. The SMILES string of the molecule is Cc1ccc([C@@H]2c3ccccc3CCN2C(=O)c2ccc(F)c(F)c2)cc1.